The Bertz CT molecular complexity index is 536. The average Bonchev–Trinajstić information content (AvgIpc) is 2.70. The molecule has 3 aromatic heterocycles. The van der Waals surface area contributed by atoms with Crippen LogP contribution in [0, 0.1) is 5.77 Å². The summed E-state index contributed by atoms with van der Waals surface area (Å²) in [6.45, 7) is 0. The molecule has 66 valence electrons. The molecule has 0 aliphatic heterocycles. The zero-order chi connectivity index (χ0) is 9.00. The zero-order valence-electron chi connectivity index (χ0n) is 6.14. The van der Waals surface area contributed by atoms with Crippen molar-refractivity contribution in [3.63, 3.8) is 0 Å². The van der Waals surface area contributed by atoms with Gasteiger partial charge in [-0.05, 0) is 45.2 Å². The molecular formula is C8H2I2S3. The molecule has 0 spiro atoms. The van der Waals surface area contributed by atoms with Crippen LogP contribution < -0.4 is 0 Å². The van der Waals surface area contributed by atoms with Crippen molar-refractivity contribution in [2.75, 3.05) is 0 Å². The lowest BCUT2D eigenvalue weighted by Crippen LogP contribution is -1.49. The molecule has 0 fully saturated rings. The SMILES string of the molecule is Ic1scc2c1sc1c(I)scc12. The van der Waals surface area contributed by atoms with Crippen LogP contribution in [0.2, 0.25) is 0 Å². The average molecular weight is 448 g/mol. The van der Waals surface area contributed by atoms with E-state index in [0.717, 1.165) is 0 Å². The van der Waals surface area contributed by atoms with E-state index in [2.05, 4.69) is 55.9 Å². The second kappa shape index (κ2) is 3.29. The predicted molar refractivity (Wildman–Crippen MR) is 80.5 cm³/mol. The van der Waals surface area contributed by atoms with Crippen LogP contribution in [0.3, 0.4) is 0 Å². The fraction of sp³-hybridized carbons (Fsp3) is 0. The van der Waals surface area contributed by atoms with Gasteiger partial charge >= 0.3 is 0 Å². The minimum absolute atomic E-state index is 1.43. The number of fused-ring (bicyclic) bond motifs is 3. The lowest BCUT2D eigenvalue weighted by Gasteiger charge is -1.78. The van der Waals surface area contributed by atoms with E-state index in [1.165, 1.54) is 25.9 Å². The first-order chi connectivity index (χ1) is 6.27. The van der Waals surface area contributed by atoms with Crippen LogP contribution in [-0.4, -0.2) is 0 Å². The monoisotopic (exact) mass is 448 g/mol. The molecule has 0 bridgehead atoms. The van der Waals surface area contributed by atoms with Crippen LogP contribution in [0.15, 0.2) is 10.8 Å². The van der Waals surface area contributed by atoms with Gasteiger partial charge in [0.2, 0.25) is 0 Å². The summed E-state index contributed by atoms with van der Waals surface area (Å²) < 4.78 is 5.80. The number of thiophene rings is 3. The van der Waals surface area contributed by atoms with Gasteiger partial charge in [-0.25, -0.2) is 0 Å². The van der Waals surface area contributed by atoms with E-state index in [1.807, 2.05) is 34.0 Å². The van der Waals surface area contributed by atoms with Gasteiger partial charge in [0.1, 0.15) is 0 Å². The molecule has 3 aromatic rings. The highest BCUT2D eigenvalue weighted by Crippen LogP contribution is 2.43. The first-order valence-corrected chi connectivity index (χ1v) is 8.23. The molecule has 0 atom stereocenters. The van der Waals surface area contributed by atoms with Gasteiger partial charge in [-0.1, -0.05) is 0 Å². The third kappa shape index (κ3) is 1.30. The Morgan fingerprint density at radius 1 is 0.846 bits per heavy atom. The zero-order valence-corrected chi connectivity index (χ0v) is 12.9. The Labute approximate surface area is 114 Å². The first kappa shape index (κ1) is 9.32. The summed E-state index contributed by atoms with van der Waals surface area (Å²) in [6.07, 6.45) is 0. The molecule has 3 rings (SSSR count). The van der Waals surface area contributed by atoms with Gasteiger partial charge in [-0.15, -0.1) is 34.0 Å². The van der Waals surface area contributed by atoms with Crippen molar-refractivity contribution in [2.45, 2.75) is 0 Å². The van der Waals surface area contributed by atoms with Crippen molar-refractivity contribution in [3.8, 4) is 0 Å². The van der Waals surface area contributed by atoms with E-state index in [4.69, 9.17) is 0 Å². The maximum absolute atomic E-state index is 2.43. The van der Waals surface area contributed by atoms with Crippen molar-refractivity contribution < 1.29 is 0 Å². The summed E-state index contributed by atoms with van der Waals surface area (Å²) in [7, 11) is 0. The van der Waals surface area contributed by atoms with Gasteiger partial charge in [0.15, 0.2) is 0 Å². The molecule has 0 nitrogen and oxygen atoms in total. The molecule has 0 saturated carbocycles. The Hall–Kier alpha value is 1.08. The Balaban J connectivity index is 2.64. The molecule has 0 aliphatic rings. The van der Waals surface area contributed by atoms with Crippen LogP contribution in [-0.2, 0) is 0 Å². The van der Waals surface area contributed by atoms with Gasteiger partial charge in [-0.2, -0.15) is 0 Å². The van der Waals surface area contributed by atoms with E-state index in [-0.39, 0.29) is 0 Å². The fourth-order valence-corrected chi connectivity index (χ4v) is 6.29. The van der Waals surface area contributed by atoms with Crippen molar-refractivity contribution in [1.82, 2.24) is 0 Å². The maximum Gasteiger partial charge on any atom is 0.0832 e. The minimum Gasteiger partial charge on any atom is -0.136 e. The van der Waals surface area contributed by atoms with Crippen molar-refractivity contribution in [3.05, 3.63) is 16.5 Å². The highest BCUT2D eigenvalue weighted by molar-refractivity contribution is 14.1. The van der Waals surface area contributed by atoms with E-state index in [9.17, 15) is 0 Å². The third-order valence-electron chi connectivity index (χ3n) is 1.90. The summed E-state index contributed by atoms with van der Waals surface area (Å²) in [5.74, 6) is 0. The molecule has 0 saturated heterocycles. The van der Waals surface area contributed by atoms with Gasteiger partial charge in [0.25, 0.3) is 0 Å². The van der Waals surface area contributed by atoms with E-state index in [1.54, 1.807) is 0 Å². The van der Waals surface area contributed by atoms with Crippen LogP contribution in [0.1, 0.15) is 0 Å². The van der Waals surface area contributed by atoms with Gasteiger partial charge in [0.05, 0.1) is 15.2 Å². The van der Waals surface area contributed by atoms with Crippen LogP contribution in [0.4, 0.5) is 0 Å². The van der Waals surface area contributed by atoms with Crippen LogP contribution in [0.25, 0.3) is 20.2 Å². The number of rotatable bonds is 0. The quantitative estimate of drug-likeness (QED) is 0.405. The molecule has 5 heteroatoms. The summed E-state index contributed by atoms with van der Waals surface area (Å²) in [4.78, 5) is 0. The van der Waals surface area contributed by atoms with Crippen molar-refractivity contribution in [2.24, 2.45) is 0 Å². The maximum atomic E-state index is 2.43. The molecule has 0 amide bonds. The van der Waals surface area contributed by atoms with Crippen molar-refractivity contribution in [1.29, 1.82) is 0 Å². The predicted octanol–water partition coefficient (Wildman–Crippen LogP) is 5.39. The molecule has 13 heavy (non-hydrogen) atoms. The second-order valence-electron chi connectivity index (χ2n) is 2.61. The number of hydrogen-bond acceptors (Lipinski definition) is 3. The van der Waals surface area contributed by atoms with Crippen molar-refractivity contribution >= 4 is 99.4 Å². The van der Waals surface area contributed by atoms with E-state index < -0.39 is 0 Å². The second-order valence-corrected chi connectivity index (χ2v) is 9.01. The van der Waals surface area contributed by atoms with E-state index >= 15 is 0 Å². The van der Waals surface area contributed by atoms with E-state index in [0.29, 0.717) is 0 Å². The largest absolute Gasteiger partial charge is 0.136 e. The molecular weight excluding hydrogens is 446 g/mol. The fourth-order valence-electron chi connectivity index (χ4n) is 1.31. The summed E-state index contributed by atoms with van der Waals surface area (Å²) >= 11 is 10.5. The van der Waals surface area contributed by atoms with Gasteiger partial charge in [0, 0.05) is 21.5 Å². The molecule has 0 unspecified atom stereocenters. The third-order valence-corrected chi connectivity index (χ3v) is 8.28. The smallest absolute Gasteiger partial charge is 0.0832 e. The van der Waals surface area contributed by atoms with Crippen LogP contribution >= 0.6 is 79.2 Å². The molecule has 0 aliphatic carbocycles. The number of hydrogen-bond donors (Lipinski definition) is 0. The molecule has 0 aromatic carbocycles. The topological polar surface area (TPSA) is 0 Å². The lowest BCUT2D eigenvalue weighted by molar-refractivity contribution is 2.30. The van der Waals surface area contributed by atoms with Gasteiger partial charge < -0.3 is 0 Å². The first-order valence-electron chi connectivity index (χ1n) is 3.49. The standard InChI is InChI=1S/C8H2I2S3/c9-7-5-3(1-11-7)4-2-12-8(10)6(4)13-5/h1-2H. The highest BCUT2D eigenvalue weighted by Gasteiger charge is 2.12. The minimum atomic E-state index is 1.43. The lowest BCUT2D eigenvalue weighted by atomic mass is 10.3. The Kier molecular flexibility index (Phi) is 2.36. The summed E-state index contributed by atoms with van der Waals surface area (Å²) in [5.41, 5.74) is 0. The Morgan fingerprint density at radius 3 is 1.77 bits per heavy atom. The Morgan fingerprint density at radius 2 is 1.31 bits per heavy atom. The van der Waals surface area contributed by atoms with Crippen LogP contribution in [0.5, 0.6) is 0 Å². The normalized spacial score (nSPS) is 11.8. The summed E-state index contributed by atoms with van der Waals surface area (Å²) in [6, 6.07) is 0. The highest BCUT2D eigenvalue weighted by atomic mass is 127. The molecule has 3 heterocycles. The molecule has 0 radical (unpaired) electrons. The number of halogens is 2. The summed E-state index contributed by atoms with van der Waals surface area (Å²) in [5, 5.41) is 7.46. The van der Waals surface area contributed by atoms with Gasteiger partial charge in [-0.3, -0.25) is 0 Å². The molecule has 0 N–H and O–H groups in total.